The minimum Gasteiger partial charge on any atom is -0.377 e. The van der Waals surface area contributed by atoms with Crippen LogP contribution < -0.4 is 0 Å². The van der Waals surface area contributed by atoms with Gasteiger partial charge >= 0.3 is 0 Å². The molecular weight excluding hydrogens is 245 g/mol. The molecule has 0 unspecified atom stereocenters. The molecule has 2 saturated heterocycles. The number of fused-ring (bicyclic) bond motifs is 1. The second kappa shape index (κ2) is 5.26. The fraction of sp³-hybridized carbons (Fsp3) is 1.00. The highest BCUT2D eigenvalue weighted by Crippen LogP contribution is 2.47. The fourth-order valence-electron chi connectivity index (χ4n) is 3.71. The first kappa shape index (κ1) is 14.6. The maximum absolute atomic E-state index is 12.0. The van der Waals surface area contributed by atoms with Crippen LogP contribution in [0.25, 0.3) is 0 Å². The van der Waals surface area contributed by atoms with Gasteiger partial charge in [-0.1, -0.05) is 0 Å². The Morgan fingerprint density at radius 2 is 2.17 bits per heavy atom. The molecule has 0 saturated carbocycles. The third-order valence-electron chi connectivity index (χ3n) is 4.27. The zero-order valence-corrected chi connectivity index (χ0v) is 13.2. The first-order valence-electron chi connectivity index (χ1n) is 7.21. The van der Waals surface area contributed by atoms with Gasteiger partial charge in [0.15, 0.2) is 0 Å². The van der Waals surface area contributed by atoms with Crippen LogP contribution >= 0.6 is 7.14 Å². The minimum absolute atomic E-state index is 0.268. The van der Waals surface area contributed by atoms with Crippen LogP contribution in [0.15, 0.2) is 0 Å². The van der Waals surface area contributed by atoms with Gasteiger partial charge in [-0.05, 0) is 58.9 Å². The van der Waals surface area contributed by atoms with Crippen LogP contribution in [-0.4, -0.2) is 55.7 Å². The Bertz CT molecular complexity index is 339. The molecule has 18 heavy (non-hydrogen) atoms. The Hall–Kier alpha value is 0.150. The van der Waals surface area contributed by atoms with Crippen molar-refractivity contribution in [3.63, 3.8) is 0 Å². The molecule has 2 rings (SSSR count). The summed E-state index contributed by atoms with van der Waals surface area (Å²) in [6, 6.07) is 0. The Morgan fingerprint density at radius 3 is 2.78 bits per heavy atom. The maximum atomic E-state index is 12.0. The van der Waals surface area contributed by atoms with Crippen molar-refractivity contribution in [2.75, 3.05) is 39.2 Å². The Kier molecular flexibility index (Phi) is 4.26. The van der Waals surface area contributed by atoms with Gasteiger partial charge in [0, 0.05) is 18.2 Å². The average molecular weight is 273 g/mol. The zero-order chi connectivity index (χ0) is 13.4. The highest BCUT2D eigenvalue weighted by Gasteiger charge is 2.48. The van der Waals surface area contributed by atoms with Crippen molar-refractivity contribution in [2.24, 2.45) is 5.92 Å². The SMILES string of the molecule is CC(C)OC[C@@]12CCCN1C[C@@H](CP(C)(C)=O)C2. The van der Waals surface area contributed by atoms with Gasteiger partial charge in [-0.2, -0.15) is 0 Å². The van der Waals surface area contributed by atoms with E-state index in [4.69, 9.17) is 4.74 Å². The van der Waals surface area contributed by atoms with E-state index in [1.165, 1.54) is 25.8 Å². The van der Waals surface area contributed by atoms with E-state index in [-0.39, 0.29) is 5.54 Å². The molecule has 0 aromatic heterocycles. The molecule has 2 fully saturated rings. The molecule has 0 spiro atoms. The lowest BCUT2D eigenvalue weighted by Gasteiger charge is -2.32. The summed E-state index contributed by atoms with van der Waals surface area (Å²) in [7, 11) is -1.89. The van der Waals surface area contributed by atoms with Crippen LogP contribution in [0.4, 0.5) is 0 Å². The summed E-state index contributed by atoms with van der Waals surface area (Å²) in [6.07, 6.45) is 4.96. The molecule has 0 radical (unpaired) electrons. The van der Waals surface area contributed by atoms with Crippen LogP contribution in [0.1, 0.15) is 33.1 Å². The second-order valence-corrected chi connectivity index (χ2v) is 10.5. The summed E-state index contributed by atoms with van der Waals surface area (Å²) < 4.78 is 17.9. The van der Waals surface area contributed by atoms with E-state index in [9.17, 15) is 4.57 Å². The monoisotopic (exact) mass is 273 g/mol. The van der Waals surface area contributed by atoms with Gasteiger partial charge in [0.05, 0.1) is 19.9 Å². The predicted molar refractivity (Wildman–Crippen MR) is 77.1 cm³/mol. The topological polar surface area (TPSA) is 29.5 Å². The number of hydrogen-bond donors (Lipinski definition) is 0. The van der Waals surface area contributed by atoms with Gasteiger partial charge in [0.25, 0.3) is 0 Å². The summed E-state index contributed by atoms with van der Waals surface area (Å²) in [4.78, 5) is 2.61. The van der Waals surface area contributed by atoms with E-state index in [1.54, 1.807) is 0 Å². The van der Waals surface area contributed by atoms with Crippen LogP contribution in [0, 0.1) is 5.92 Å². The largest absolute Gasteiger partial charge is 0.377 e. The lowest BCUT2D eigenvalue weighted by Crippen LogP contribution is -2.43. The standard InChI is InChI=1S/C14H28NO2P/c1-12(2)17-11-14-6-5-7-15(14)9-13(8-14)10-18(3,4)16/h12-13H,5-11H2,1-4H3/t13-,14-/m0/s1. The normalized spacial score (nSPS) is 33.3. The van der Waals surface area contributed by atoms with E-state index in [0.717, 1.165) is 19.3 Å². The lowest BCUT2D eigenvalue weighted by atomic mass is 9.91. The van der Waals surface area contributed by atoms with Crippen molar-refractivity contribution in [3.05, 3.63) is 0 Å². The van der Waals surface area contributed by atoms with E-state index >= 15 is 0 Å². The van der Waals surface area contributed by atoms with Crippen LogP contribution in [-0.2, 0) is 9.30 Å². The molecule has 3 nitrogen and oxygen atoms in total. The molecule has 2 aliphatic rings. The molecule has 0 amide bonds. The molecule has 0 aromatic carbocycles. The van der Waals surface area contributed by atoms with Gasteiger partial charge in [-0.3, -0.25) is 4.90 Å². The summed E-state index contributed by atoms with van der Waals surface area (Å²) in [5.41, 5.74) is 0.268. The Labute approximate surface area is 112 Å². The fourth-order valence-corrected chi connectivity index (χ4v) is 5.20. The van der Waals surface area contributed by atoms with Gasteiger partial charge in [0.1, 0.15) is 0 Å². The molecule has 2 aliphatic heterocycles. The highest BCUT2D eigenvalue weighted by molar-refractivity contribution is 7.62. The van der Waals surface area contributed by atoms with Gasteiger partial charge < -0.3 is 9.30 Å². The van der Waals surface area contributed by atoms with E-state index in [2.05, 4.69) is 18.7 Å². The Balaban J connectivity index is 1.98. The predicted octanol–water partition coefficient (Wildman–Crippen LogP) is 2.89. The van der Waals surface area contributed by atoms with Crippen LogP contribution in [0.2, 0.25) is 0 Å². The molecule has 0 aliphatic carbocycles. The Morgan fingerprint density at radius 1 is 1.44 bits per heavy atom. The van der Waals surface area contributed by atoms with Gasteiger partial charge in [0.2, 0.25) is 0 Å². The summed E-state index contributed by atoms with van der Waals surface area (Å²) in [5, 5.41) is 0. The quantitative estimate of drug-likeness (QED) is 0.721. The summed E-state index contributed by atoms with van der Waals surface area (Å²) >= 11 is 0. The molecule has 106 valence electrons. The maximum Gasteiger partial charge on any atom is 0.0822 e. The molecule has 4 heteroatoms. The van der Waals surface area contributed by atoms with Gasteiger partial charge in [-0.25, -0.2) is 0 Å². The first-order valence-corrected chi connectivity index (χ1v) is 10.0. The summed E-state index contributed by atoms with van der Waals surface area (Å²) in [5.74, 6) is 0.613. The van der Waals surface area contributed by atoms with Crippen molar-refractivity contribution in [1.29, 1.82) is 0 Å². The van der Waals surface area contributed by atoms with Crippen molar-refractivity contribution >= 4 is 7.14 Å². The van der Waals surface area contributed by atoms with E-state index < -0.39 is 7.14 Å². The number of nitrogens with zero attached hydrogens (tertiary/aromatic N) is 1. The number of ether oxygens (including phenoxy) is 1. The van der Waals surface area contributed by atoms with Crippen molar-refractivity contribution < 1.29 is 9.30 Å². The van der Waals surface area contributed by atoms with Gasteiger partial charge in [-0.15, -0.1) is 0 Å². The van der Waals surface area contributed by atoms with E-state index in [1.807, 2.05) is 13.3 Å². The average Bonchev–Trinajstić information content (AvgIpc) is 2.68. The molecule has 2 atom stereocenters. The van der Waals surface area contributed by atoms with Crippen molar-refractivity contribution in [2.45, 2.75) is 44.8 Å². The molecule has 0 bridgehead atoms. The molecular formula is C14H28NO2P. The minimum atomic E-state index is -1.89. The number of rotatable bonds is 5. The second-order valence-electron chi connectivity index (χ2n) is 6.96. The molecule has 0 N–H and O–H groups in total. The molecule has 2 heterocycles. The van der Waals surface area contributed by atoms with Crippen LogP contribution in [0.3, 0.4) is 0 Å². The van der Waals surface area contributed by atoms with E-state index in [0.29, 0.717) is 12.0 Å². The van der Waals surface area contributed by atoms with Crippen molar-refractivity contribution in [1.82, 2.24) is 4.90 Å². The van der Waals surface area contributed by atoms with Crippen LogP contribution in [0.5, 0.6) is 0 Å². The van der Waals surface area contributed by atoms with Crippen molar-refractivity contribution in [3.8, 4) is 0 Å². The number of hydrogen-bond acceptors (Lipinski definition) is 3. The molecule has 0 aromatic rings. The third-order valence-corrected chi connectivity index (χ3v) is 5.67. The smallest absolute Gasteiger partial charge is 0.0822 e. The summed E-state index contributed by atoms with van der Waals surface area (Å²) in [6.45, 7) is 11.3. The highest BCUT2D eigenvalue weighted by atomic mass is 31.2. The zero-order valence-electron chi connectivity index (χ0n) is 12.3. The third kappa shape index (κ3) is 3.37. The first-order chi connectivity index (χ1) is 8.31. The lowest BCUT2D eigenvalue weighted by molar-refractivity contribution is 0.00293.